The Morgan fingerprint density at radius 1 is 1.30 bits per heavy atom. The summed E-state index contributed by atoms with van der Waals surface area (Å²) < 4.78 is 1.69. The van der Waals surface area contributed by atoms with Crippen molar-refractivity contribution in [2.75, 3.05) is 0 Å². The van der Waals surface area contributed by atoms with E-state index in [0.717, 1.165) is 12.8 Å². The number of carbonyl (C=O) groups is 1. The van der Waals surface area contributed by atoms with Crippen LogP contribution in [0.3, 0.4) is 0 Å². The van der Waals surface area contributed by atoms with Gasteiger partial charge < -0.3 is 5.32 Å². The normalized spacial score (nSPS) is 13.5. The van der Waals surface area contributed by atoms with Gasteiger partial charge in [0.15, 0.2) is 0 Å². The summed E-state index contributed by atoms with van der Waals surface area (Å²) in [5.41, 5.74) is 1.29. The molecule has 2 atom stereocenters. The first-order valence-electron chi connectivity index (χ1n) is 7.87. The van der Waals surface area contributed by atoms with Gasteiger partial charge in [-0.2, -0.15) is 0 Å². The first-order valence-corrected chi connectivity index (χ1v) is 8.75. The fourth-order valence-electron chi connectivity index (χ4n) is 2.15. The van der Waals surface area contributed by atoms with Crippen molar-refractivity contribution < 1.29 is 4.79 Å². The van der Waals surface area contributed by atoms with Crippen molar-refractivity contribution in [3.05, 3.63) is 35.9 Å². The Hall–Kier alpha value is -1.89. The Balaban J connectivity index is 1.78. The van der Waals surface area contributed by atoms with Crippen LogP contribution in [0.2, 0.25) is 0 Å². The van der Waals surface area contributed by atoms with E-state index in [4.69, 9.17) is 0 Å². The first-order chi connectivity index (χ1) is 11.1. The zero-order valence-corrected chi connectivity index (χ0v) is 14.6. The Morgan fingerprint density at radius 3 is 2.74 bits per heavy atom. The molecule has 2 aromatic rings. The minimum atomic E-state index is -0.231. The van der Waals surface area contributed by atoms with E-state index in [1.54, 1.807) is 4.68 Å². The largest absolute Gasteiger partial charge is 0.353 e. The number of aromatic nitrogens is 4. The van der Waals surface area contributed by atoms with Gasteiger partial charge in [0, 0.05) is 12.6 Å². The summed E-state index contributed by atoms with van der Waals surface area (Å²) in [7, 11) is 0. The number of nitrogens with one attached hydrogen (secondary N) is 1. The lowest BCUT2D eigenvalue weighted by Gasteiger charge is -2.17. The minimum absolute atomic E-state index is 0.0150. The summed E-state index contributed by atoms with van der Waals surface area (Å²) in [5, 5.41) is 15.0. The highest BCUT2D eigenvalue weighted by molar-refractivity contribution is 8.00. The van der Waals surface area contributed by atoms with Crippen LogP contribution in [-0.4, -0.2) is 37.4 Å². The van der Waals surface area contributed by atoms with E-state index in [1.165, 1.54) is 17.3 Å². The summed E-state index contributed by atoms with van der Waals surface area (Å²) >= 11 is 1.38. The molecule has 0 radical (unpaired) electrons. The molecule has 124 valence electrons. The molecule has 0 saturated heterocycles. The molecule has 0 aliphatic heterocycles. The van der Waals surface area contributed by atoms with Crippen molar-refractivity contribution in [3.8, 4) is 0 Å². The van der Waals surface area contributed by atoms with Crippen LogP contribution < -0.4 is 5.32 Å². The van der Waals surface area contributed by atoms with Gasteiger partial charge in [0.05, 0.1) is 5.25 Å². The number of amides is 1. The number of hydrogen-bond acceptors (Lipinski definition) is 5. The molecule has 0 aliphatic carbocycles. The predicted molar refractivity (Wildman–Crippen MR) is 91.2 cm³/mol. The van der Waals surface area contributed by atoms with Crippen LogP contribution >= 0.6 is 11.8 Å². The average Bonchev–Trinajstić information content (AvgIpc) is 3.01. The Labute approximate surface area is 141 Å². The number of carbonyl (C=O) groups excluding carboxylic acids is 1. The monoisotopic (exact) mass is 333 g/mol. The quantitative estimate of drug-likeness (QED) is 0.751. The summed E-state index contributed by atoms with van der Waals surface area (Å²) in [6, 6.07) is 10.4. The van der Waals surface area contributed by atoms with Gasteiger partial charge in [-0.25, -0.2) is 4.68 Å². The van der Waals surface area contributed by atoms with Gasteiger partial charge in [-0.1, -0.05) is 42.1 Å². The van der Waals surface area contributed by atoms with Crippen molar-refractivity contribution in [1.82, 2.24) is 25.5 Å². The van der Waals surface area contributed by atoms with Crippen LogP contribution in [0.25, 0.3) is 0 Å². The van der Waals surface area contributed by atoms with Gasteiger partial charge >= 0.3 is 0 Å². The maximum Gasteiger partial charge on any atom is 0.233 e. The number of benzene rings is 1. The van der Waals surface area contributed by atoms with E-state index >= 15 is 0 Å². The number of rotatable bonds is 8. The maximum atomic E-state index is 12.3. The number of nitrogens with zero attached hydrogens (tertiary/aromatic N) is 4. The van der Waals surface area contributed by atoms with Gasteiger partial charge in [0.2, 0.25) is 11.1 Å². The lowest BCUT2D eigenvalue weighted by molar-refractivity contribution is -0.120. The van der Waals surface area contributed by atoms with Gasteiger partial charge in [-0.3, -0.25) is 4.79 Å². The lowest BCUT2D eigenvalue weighted by Crippen LogP contribution is -2.38. The van der Waals surface area contributed by atoms with Crippen LogP contribution in [0, 0.1) is 0 Å². The van der Waals surface area contributed by atoms with E-state index in [9.17, 15) is 4.79 Å². The van der Waals surface area contributed by atoms with Gasteiger partial charge in [-0.15, -0.1) is 5.10 Å². The molecular weight excluding hydrogens is 310 g/mol. The molecule has 0 bridgehead atoms. The van der Waals surface area contributed by atoms with Crippen molar-refractivity contribution in [3.63, 3.8) is 0 Å². The second-order valence-electron chi connectivity index (χ2n) is 5.47. The van der Waals surface area contributed by atoms with Crippen molar-refractivity contribution in [2.24, 2.45) is 0 Å². The lowest BCUT2D eigenvalue weighted by atomic mass is 10.1. The molecule has 1 aromatic carbocycles. The van der Waals surface area contributed by atoms with Gasteiger partial charge in [0.1, 0.15) is 0 Å². The molecule has 0 spiro atoms. The van der Waals surface area contributed by atoms with E-state index in [0.29, 0.717) is 11.7 Å². The third kappa shape index (κ3) is 5.35. The average molecular weight is 333 g/mol. The highest BCUT2D eigenvalue weighted by Gasteiger charge is 2.19. The number of aryl methyl sites for hydroxylation is 2. The molecule has 1 aromatic heterocycles. The molecule has 2 rings (SSSR count). The molecule has 1 amide bonds. The molecule has 23 heavy (non-hydrogen) atoms. The first kappa shape index (κ1) is 17.5. The molecule has 1 N–H and O–H groups in total. The molecule has 0 aliphatic rings. The van der Waals surface area contributed by atoms with Crippen LogP contribution in [0.15, 0.2) is 35.5 Å². The van der Waals surface area contributed by atoms with E-state index in [2.05, 4.69) is 33.0 Å². The van der Waals surface area contributed by atoms with Crippen molar-refractivity contribution >= 4 is 17.7 Å². The summed E-state index contributed by atoms with van der Waals surface area (Å²) in [5.74, 6) is 0.0150. The third-order valence-corrected chi connectivity index (χ3v) is 4.62. The Morgan fingerprint density at radius 2 is 2.04 bits per heavy atom. The topological polar surface area (TPSA) is 72.7 Å². The predicted octanol–water partition coefficient (Wildman–Crippen LogP) is 2.31. The zero-order valence-electron chi connectivity index (χ0n) is 13.8. The fraction of sp³-hybridized carbons (Fsp3) is 0.500. The number of tetrazole rings is 1. The molecule has 6 nitrogen and oxygen atoms in total. The van der Waals surface area contributed by atoms with Gasteiger partial charge in [-0.05, 0) is 49.6 Å². The molecule has 0 unspecified atom stereocenters. The number of thioether (sulfide) groups is 1. The molecule has 1 heterocycles. The van der Waals surface area contributed by atoms with Crippen LogP contribution in [0.5, 0.6) is 0 Å². The highest BCUT2D eigenvalue weighted by Crippen LogP contribution is 2.20. The second-order valence-corrected chi connectivity index (χ2v) is 6.78. The minimum Gasteiger partial charge on any atom is -0.353 e. The highest BCUT2D eigenvalue weighted by atomic mass is 32.2. The molecule has 0 saturated carbocycles. The van der Waals surface area contributed by atoms with Crippen LogP contribution in [-0.2, 0) is 17.8 Å². The zero-order chi connectivity index (χ0) is 16.7. The summed E-state index contributed by atoms with van der Waals surface area (Å²) in [6.45, 7) is 6.57. The Bertz CT molecular complexity index is 616. The molecular formula is C16H23N5OS. The van der Waals surface area contributed by atoms with E-state index in [-0.39, 0.29) is 17.2 Å². The summed E-state index contributed by atoms with van der Waals surface area (Å²) in [6.07, 6.45) is 1.87. The molecule has 7 heteroatoms. The maximum absolute atomic E-state index is 12.3. The SMILES string of the molecule is CCn1nnnc1S[C@H](C)C(=O)N[C@H](C)CCc1ccccc1. The second kappa shape index (κ2) is 8.67. The number of hydrogen-bond donors (Lipinski definition) is 1. The van der Waals surface area contributed by atoms with Crippen molar-refractivity contribution in [2.45, 2.75) is 56.6 Å². The van der Waals surface area contributed by atoms with Gasteiger partial charge in [0.25, 0.3) is 0 Å². The van der Waals surface area contributed by atoms with Crippen molar-refractivity contribution in [1.29, 1.82) is 0 Å². The summed E-state index contributed by atoms with van der Waals surface area (Å²) in [4.78, 5) is 12.3. The van der Waals surface area contributed by atoms with Crippen LogP contribution in [0.1, 0.15) is 32.8 Å². The Kier molecular flexibility index (Phi) is 6.58. The molecule has 0 fully saturated rings. The van der Waals surface area contributed by atoms with Crippen LogP contribution in [0.4, 0.5) is 0 Å². The van der Waals surface area contributed by atoms with E-state index in [1.807, 2.05) is 39.0 Å². The third-order valence-electron chi connectivity index (χ3n) is 3.55. The fourth-order valence-corrected chi connectivity index (χ4v) is 3.01. The van der Waals surface area contributed by atoms with E-state index < -0.39 is 0 Å². The smallest absolute Gasteiger partial charge is 0.233 e. The standard InChI is InChI=1S/C16H23N5OS/c1-4-21-16(18-19-20-21)23-13(3)15(22)17-12(2)10-11-14-8-6-5-7-9-14/h5-9,12-13H,4,10-11H2,1-3H3,(H,17,22)/t12-,13-/m1/s1.